The average molecular weight is 254 g/mol. The average Bonchev–Trinajstić information content (AvgIpc) is 2.66. The summed E-state index contributed by atoms with van der Waals surface area (Å²) in [6.45, 7) is 11.9. The van der Waals surface area contributed by atoms with Crippen molar-refractivity contribution in [2.24, 2.45) is 11.3 Å². The van der Waals surface area contributed by atoms with Crippen LogP contribution in [-0.2, 0) is 4.74 Å². The number of carbonyl (C=O) groups excluding carboxylic acids is 1. The molecule has 2 saturated heterocycles. The molecule has 0 aliphatic carbocycles. The molecule has 104 valence electrons. The summed E-state index contributed by atoms with van der Waals surface area (Å²) in [6.07, 6.45) is 2.15. The first-order chi connectivity index (χ1) is 8.32. The van der Waals surface area contributed by atoms with Crippen LogP contribution in [0.25, 0.3) is 0 Å². The normalized spacial score (nSPS) is 32.9. The van der Waals surface area contributed by atoms with Crippen LogP contribution in [0, 0.1) is 11.3 Å². The van der Waals surface area contributed by atoms with Crippen LogP contribution in [0.2, 0.25) is 0 Å². The molecule has 2 heterocycles. The third-order valence-corrected chi connectivity index (χ3v) is 4.33. The molecule has 0 saturated carbocycles. The van der Waals surface area contributed by atoms with Gasteiger partial charge in [0.2, 0.25) is 0 Å². The van der Waals surface area contributed by atoms with E-state index in [-0.39, 0.29) is 6.09 Å². The highest BCUT2D eigenvalue weighted by molar-refractivity contribution is 5.68. The lowest BCUT2D eigenvalue weighted by atomic mass is 9.71. The highest BCUT2D eigenvalue weighted by Crippen LogP contribution is 2.42. The first-order valence-electron chi connectivity index (χ1n) is 7.01. The van der Waals surface area contributed by atoms with E-state index in [1.807, 2.05) is 25.7 Å². The molecular weight excluding hydrogens is 228 g/mol. The van der Waals surface area contributed by atoms with E-state index in [2.05, 4.69) is 12.2 Å². The van der Waals surface area contributed by atoms with E-state index in [1.165, 1.54) is 6.42 Å². The van der Waals surface area contributed by atoms with Gasteiger partial charge >= 0.3 is 6.09 Å². The fourth-order valence-corrected chi connectivity index (χ4v) is 3.10. The zero-order valence-corrected chi connectivity index (χ0v) is 12.1. The van der Waals surface area contributed by atoms with Gasteiger partial charge in [0.05, 0.1) is 0 Å². The molecule has 2 fully saturated rings. The number of rotatable bonds is 0. The summed E-state index contributed by atoms with van der Waals surface area (Å²) in [7, 11) is 0. The van der Waals surface area contributed by atoms with Crippen molar-refractivity contribution in [2.45, 2.75) is 46.1 Å². The Morgan fingerprint density at radius 2 is 2.11 bits per heavy atom. The topological polar surface area (TPSA) is 41.6 Å². The van der Waals surface area contributed by atoms with Crippen molar-refractivity contribution in [1.29, 1.82) is 0 Å². The van der Waals surface area contributed by atoms with E-state index < -0.39 is 5.60 Å². The Hall–Kier alpha value is -0.770. The Morgan fingerprint density at radius 1 is 1.39 bits per heavy atom. The first-order valence-corrected chi connectivity index (χ1v) is 7.01. The van der Waals surface area contributed by atoms with Gasteiger partial charge in [0.15, 0.2) is 0 Å². The molecule has 1 N–H and O–H groups in total. The molecule has 18 heavy (non-hydrogen) atoms. The molecule has 1 amide bonds. The number of hydrogen-bond donors (Lipinski definition) is 1. The van der Waals surface area contributed by atoms with Crippen LogP contribution in [0.5, 0.6) is 0 Å². The van der Waals surface area contributed by atoms with Gasteiger partial charge in [-0.3, -0.25) is 0 Å². The number of ether oxygens (including phenoxy) is 1. The predicted octanol–water partition coefficient (Wildman–Crippen LogP) is 2.24. The van der Waals surface area contributed by atoms with Gasteiger partial charge in [0.1, 0.15) is 5.60 Å². The molecule has 2 aliphatic heterocycles. The Morgan fingerprint density at radius 3 is 2.72 bits per heavy atom. The van der Waals surface area contributed by atoms with Crippen LogP contribution >= 0.6 is 0 Å². The molecule has 2 unspecified atom stereocenters. The van der Waals surface area contributed by atoms with Gasteiger partial charge in [-0.15, -0.1) is 0 Å². The maximum atomic E-state index is 12.1. The van der Waals surface area contributed by atoms with Crippen LogP contribution in [0.3, 0.4) is 0 Å². The molecule has 4 nitrogen and oxygen atoms in total. The molecule has 0 aromatic rings. The standard InChI is InChI=1S/C14H26N2O2/c1-11-9-15-7-5-14(11)6-8-16(10-14)12(17)18-13(2,3)4/h11,15H,5-10H2,1-4H3. The van der Waals surface area contributed by atoms with Crippen molar-refractivity contribution in [3.63, 3.8) is 0 Å². The number of likely N-dealkylation sites (tertiary alicyclic amines) is 1. The van der Waals surface area contributed by atoms with Gasteiger partial charge in [-0.05, 0) is 58.0 Å². The molecule has 0 radical (unpaired) electrons. The van der Waals surface area contributed by atoms with Crippen molar-refractivity contribution in [3.8, 4) is 0 Å². The van der Waals surface area contributed by atoms with E-state index in [0.29, 0.717) is 11.3 Å². The number of carbonyl (C=O) groups is 1. The lowest BCUT2D eigenvalue weighted by molar-refractivity contribution is 0.0243. The van der Waals surface area contributed by atoms with Crippen LogP contribution < -0.4 is 5.32 Å². The number of piperidine rings is 1. The van der Waals surface area contributed by atoms with E-state index in [4.69, 9.17) is 4.74 Å². The Labute approximate surface area is 110 Å². The summed E-state index contributed by atoms with van der Waals surface area (Å²) in [5.41, 5.74) is -0.0747. The van der Waals surface area contributed by atoms with Gasteiger partial charge in [0.25, 0.3) is 0 Å². The second kappa shape index (κ2) is 4.72. The third kappa shape index (κ3) is 2.79. The van der Waals surface area contributed by atoms with Gasteiger partial charge < -0.3 is 15.0 Å². The number of nitrogens with zero attached hydrogens (tertiary/aromatic N) is 1. The molecule has 1 spiro atoms. The summed E-state index contributed by atoms with van der Waals surface area (Å²) >= 11 is 0. The SMILES string of the molecule is CC1CNCCC12CCN(C(=O)OC(C)(C)C)C2. The van der Waals surface area contributed by atoms with E-state index >= 15 is 0 Å². The minimum absolute atomic E-state index is 0.148. The van der Waals surface area contributed by atoms with Crippen molar-refractivity contribution >= 4 is 6.09 Å². The number of nitrogens with one attached hydrogen (secondary N) is 1. The largest absolute Gasteiger partial charge is 0.444 e. The quantitative estimate of drug-likeness (QED) is 0.721. The summed E-state index contributed by atoms with van der Waals surface area (Å²) in [6, 6.07) is 0. The maximum absolute atomic E-state index is 12.1. The fourth-order valence-electron chi connectivity index (χ4n) is 3.10. The fraction of sp³-hybridized carbons (Fsp3) is 0.929. The minimum Gasteiger partial charge on any atom is -0.444 e. The summed E-state index contributed by atoms with van der Waals surface area (Å²) in [4.78, 5) is 14.0. The molecule has 0 aromatic heterocycles. The second-order valence-electron chi connectivity index (χ2n) is 6.87. The zero-order chi connectivity index (χ0) is 13.4. The number of amides is 1. The first kappa shape index (κ1) is 13.7. The van der Waals surface area contributed by atoms with Crippen LogP contribution in [0.15, 0.2) is 0 Å². The smallest absolute Gasteiger partial charge is 0.410 e. The monoisotopic (exact) mass is 254 g/mol. The molecule has 0 aromatic carbocycles. The third-order valence-electron chi connectivity index (χ3n) is 4.33. The molecule has 2 rings (SSSR count). The van der Waals surface area contributed by atoms with Crippen molar-refractivity contribution < 1.29 is 9.53 Å². The molecule has 2 aliphatic rings. The highest BCUT2D eigenvalue weighted by atomic mass is 16.6. The van der Waals surface area contributed by atoms with E-state index in [0.717, 1.165) is 32.6 Å². The maximum Gasteiger partial charge on any atom is 0.410 e. The van der Waals surface area contributed by atoms with Crippen LogP contribution in [0.1, 0.15) is 40.5 Å². The Kier molecular flexibility index (Phi) is 3.58. The van der Waals surface area contributed by atoms with Gasteiger partial charge in [-0.25, -0.2) is 4.79 Å². The Balaban J connectivity index is 1.97. The van der Waals surface area contributed by atoms with Gasteiger partial charge in [0, 0.05) is 13.1 Å². The van der Waals surface area contributed by atoms with E-state index in [1.54, 1.807) is 0 Å². The summed E-state index contributed by atoms with van der Waals surface area (Å²) in [5, 5.41) is 3.43. The van der Waals surface area contributed by atoms with Crippen molar-refractivity contribution in [3.05, 3.63) is 0 Å². The summed E-state index contributed by atoms with van der Waals surface area (Å²) < 4.78 is 5.46. The van der Waals surface area contributed by atoms with Crippen molar-refractivity contribution in [1.82, 2.24) is 10.2 Å². The molecule has 0 bridgehead atoms. The summed E-state index contributed by atoms with van der Waals surface area (Å²) in [5.74, 6) is 0.638. The number of hydrogen-bond acceptors (Lipinski definition) is 3. The van der Waals surface area contributed by atoms with E-state index in [9.17, 15) is 4.79 Å². The highest BCUT2D eigenvalue weighted by Gasteiger charge is 2.45. The predicted molar refractivity (Wildman–Crippen MR) is 71.5 cm³/mol. The molecular formula is C14H26N2O2. The van der Waals surface area contributed by atoms with Crippen molar-refractivity contribution in [2.75, 3.05) is 26.2 Å². The minimum atomic E-state index is -0.396. The van der Waals surface area contributed by atoms with Crippen LogP contribution in [-0.4, -0.2) is 42.8 Å². The van der Waals surface area contributed by atoms with Crippen LogP contribution in [0.4, 0.5) is 4.79 Å². The zero-order valence-electron chi connectivity index (χ0n) is 12.1. The van der Waals surface area contributed by atoms with Gasteiger partial charge in [-0.2, -0.15) is 0 Å². The Bertz CT molecular complexity index is 324. The second-order valence-corrected chi connectivity index (χ2v) is 6.87. The molecule has 4 heteroatoms. The lowest BCUT2D eigenvalue weighted by Crippen LogP contribution is -2.46. The molecule has 2 atom stereocenters. The van der Waals surface area contributed by atoms with Gasteiger partial charge in [-0.1, -0.05) is 6.92 Å². The lowest BCUT2D eigenvalue weighted by Gasteiger charge is -2.39.